The van der Waals surface area contributed by atoms with Crippen LogP contribution in [-0.4, -0.2) is 71.4 Å². The number of β-amino-alcohol motifs (C(OH)–C–C–N with tert-alkyl or cyclic N) is 1. The molecule has 192 valence electrons. The fourth-order valence-electron chi connectivity index (χ4n) is 5.07. The van der Waals surface area contributed by atoms with E-state index in [9.17, 15) is 23.9 Å². The van der Waals surface area contributed by atoms with Crippen LogP contribution in [-0.2, 0) is 0 Å². The van der Waals surface area contributed by atoms with Gasteiger partial charge in [-0.25, -0.2) is 8.78 Å². The number of ether oxygens (including phenoxy) is 1. The average molecular weight is 498 g/mol. The maximum atomic E-state index is 14.9. The van der Waals surface area contributed by atoms with Crippen LogP contribution in [0.15, 0.2) is 42.5 Å². The van der Waals surface area contributed by atoms with Crippen molar-refractivity contribution in [3.8, 4) is 22.9 Å². The van der Waals surface area contributed by atoms with Crippen molar-refractivity contribution in [1.82, 2.24) is 9.80 Å². The molecule has 2 saturated heterocycles. The van der Waals surface area contributed by atoms with Gasteiger partial charge < -0.3 is 19.6 Å². The van der Waals surface area contributed by atoms with Crippen molar-refractivity contribution in [1.29, 1.82) is 5.26 Å². The van der Waals surface area contributed by atoms with Gasteiger partial charge in [0, 0.05) is 19.5 Å². The number of carbonyl (C=O) groups excluding carboxylic acids is 1. The Hall–Kier alpha value is -3.02. The molecule has 2 atom stereocenters. The highest BCUT2D eigenvalue weighted by molar-refractivity contribution is 6.01. The Morgan fingerprint density at radius 3 is 2.53 bits per heavy atom. The fraction of sp³-hybridized carbons (Fsp3) is 0.500. The normalized spacial score (nSPS) is 21.4. The second kappa shape index (κ2) is 10.9. The summed E-state index contributed by atoms with van der Waals surface area (Å²) >= 11 is 0. The number of alkyl halides is 1. The largest absolute Gasteiger partial charge is 0.493 e. The Balaban J connectivity index is 1.41. The molecule has 0 bridgehead atoms. The molecule has 1 amide bonds. The molecule has 2 heterocycles. The SMILES string of the molecule is CC(C)(F)CN1CCC(COc2ccc(-c3cccc(F)c3C(=O)N3C[C@H](O)C[C@H]3C#N)cc2)CC1. The molecule has 6 nitrogen and oxygen atoms in total. The number of likely N-dealkylation sites (tertiary alicyclic amines) is 2. The van der Waals surface area contributed by atoms with Gasteiger partial charge in [0.05, 0.1) is 24.3 Å². The van der Waals surface area contributed by atoms with Crippen LogP contribution in [0.3, 0.4) is 0 Å². The predicted octanol–water partition coefficient (Wildman–Crippen LogP) is 4.43. The molecule has 0 saturated carbocycles. The van der Waals surface area contributed by atoms with Crippen molar-refractivity contribution >= 4 is 5.91 Å². The van der Waals surface area contributed by atoms with Gasteiger partial charge in [-0.3, -0.25) is 4.79 Å². The summed E-state index contributed by atoms with van der Waals surface area (Å²) in [5.74, 6) is -0.185. The van der Waals surface area contributed by atoms with Crippen LogP contribution >= 0.6 is 0 Å². The van der Waals surface area contributed by atoms with E-state index in [1.807, 2.05) is 6.07 Å². The van der Waals surface area contributed by atoms with Gasteiger partial charge in [0.1, 0.15) is 23.3 Å². The third kappa shape index (κ3) is 6.21. The number of carbonyl (C=O) groups is 1. The Morgan fingerprint density at radius 1 is 1.19 bits per heavy atom. The van der Waals surface area contributed by atoms with E-state index >= 15 is 0 Å². The zero-order valence-corrected chi connectivity index (χ0v) is 20.8. The van der Waals surface area contributed by atoms with Gasteiger partial charge in [-0.05, 0) is 75.0 Å². The van der Waals surface area contributed by atoms with E-state index in [0.717, 1.165) is 25.9 Å². The summed E-state index contributed by atoms with van der Waals surface area (Å²) < 4.78 is 34.7. The van der Waals surface area contributed by atoms with E-state index in [1.54, 1.807) is 50.2 Å². The van der Waals surface area contributed by atoms with Gasteiger partial charge in [0.15, 0.2) is 0 Å². The number of aliphatic hydroxyl groups excluding tert-OH is 1. The van der Waals surface area contributed by atoms with Crippen molar-refractivity contribution < 1.29 is 23.4 Å². The summed E-state index contributed by atoms with van der Waals surface area (Å²) in [6, 6.07) is 12.8. The van der Waals surface area contributed by atoms with Crippen LogP contribution in [0.25, 0.3) is 11.1 Å². The molecule has 0 aromatic heterocycles. The van der Waals surface area contributed by atoms with Crippen molar-refractivity contribution in [2.24, 2.45) is 5.92 Å². The number of piperidine rings is 1. The lowest BCUT2D eigenvalue weighted by molar-refractivity contribution is 0.0737. The van der Waals surface area contributed by atoms with Crippen molar-refractivity contribution in [2.75, 3.05) is 32.8 Å². The zero-order valence-electron chi connectivity index (χ0n) is 20.8. The van der Waals surface area contributed by atoms with E-state index in [-0.39, 0.29) is 18.5 Å². The van der Waals surface area contributed by atoms with Crippen molar-refractivity contribution in [3.05, 3.63) is 53.8 Å². The quantitative estimate of drug-likeness (QED) is 0.613. The lowest BCUT2D eigenvalue weighted by atomic mass is 9.96. The summed E-state index contributed by atoms with van der Waals surface area (Å²) in [5, 5.41) is 19.3. The van der Waals surface area contributed by atoms with Gasteiger partial charge >= 0.3 is 0 Å². The van der Waals surface area contributed by atoms with Crippen molar-refractivity contribution in [3.63, 3.8) is 0 Å². The first-order valence-corrected chi connectivity index (χ1v) is 12.5. The number of nitriles is 1. The number of halogens is 2. The second-order valence-electron chi connectivity index (χ2n) is 10.4. The number of amides is 1. The second-order valence-corrected chi connectivity index (χ2v) is 10.4. The molecule has 1 N–H and O–H groups in total. The van der Waals surface area contributed by atoms with Gasteiger partial charge in [0.2, 0.25) is 0 Å². The fourth-order valence-corrected chi connectivity index (χ4v) is 5.07. The van der Waals surface area contributed by atoms with Crippen molar-refractivity contribution in [2.45, 2.75) is 50.9 Å². The molecular formula is C28H33F2N3O3. The maximum absolute atomic E-state index is 14.9. The molecule has 2 fully saturated rings. The van der Waals surface area contributed by atoms with Crippen LogP contribution in [0.5, 0.6) is 5.75 Å². The molecule has 36 heavy (non-hydrogen) atoms. The third-order valence-corrected chi connectivity index (χ3v) is 6.87. The Labute approximate surface area is 211 Å². The first-order chi connectivity index (χ1) is 17.1. The summed E-state index contributed by atoms with van der Waals surface area (Å²) in [4.78, 5) is 16.6. The van der Waals surface area contributed by atoms with Crippen LogP contribution in [0.4, 0.5) is 8.78 Å². The number of benzene rings is 2. The average Bonchev–Trinajstić information content (AvgIpc) is 3.23. The highest BCUT2D eigenvalue weighted by Gasteiger charge is 2.36. The van der Waals surface area contributed by atoms with Crippen LogP contribution in [0, 0.1) is 23.1 Å². The molecule has 2 aromatic carbocycles. The minimum Gasteiger partial charge on any atom is -0.493 e. The summed E-state index contributed by atoms with van der Waals surface area (Å²) in [7, 11) is 0. The third-order valence-electron chi connectivity index (χ3n) is 6.87. The molecule has 0 unspecified atom stereocenters. The topological polar surface area (TPSA) is 76.8 Å². The van der Waals surface area contributed by atoms with E-state index in [2.05, 4.69) is 4.90 Å². The smallest absolute Gasteiger partial charge is 0.258 e. The molecule has 8 heteroatoms. The highest BCUT2D eigenvalue weighted by atomic mass is 19.1. The van der Waals surface area contributed by atoms with E-state index in [4.69, 9.17) is 4.74 Å². The summed E-state index contributed by atoms with van der Waals surface area (Å²) in [6.45, 7) is 5.95. The highest BCUT2D eigenvalue weighted by Crippen LogP contribution is 2.31. The molecule has 0 radical (unpaired) electrons. The van der Waals surface area contributed by atoms with Gasteiger partial charge in [-0.15, -0.1) is 0 Å². The predicted molar refractivity (Wildman–Crippen MR) is 133 cm³/mol. The van der Waals surface area contributed by atoms with E-state index in [0.29, 0.717) is 35.9 Å². The lowest BCUT2D eigenvalue weighted by Crippen LogP contribution is -2.41. The van der Waals surface area contributed by atoms with Gasteiger partial charge in [-0.2, -0.15) is 5.26 Å². The monoisotopic (exact) mass is 497 g/mol. The number of aliphatic hydroxyl groups is 1. The molecular weight excluding hydrogens is 464 g/mol. The Bertz CT molecular complexity index is 1100. The number of rotatable bonds is 7. The van der Waals surface area contributed by atoms with E-state index in [1.165, 1.54) is 11.0 Å². The Morgan fingerprint density at radius 2 is 1.89 bits per heavy atom. The molecule has 0 spiro atoms. The first-order valence-electron chi connectivity index (χ1n) is 12.5. The molecule has 4 rings (SSSR count). The number of nitrogens with zero attached hydrogens (tertiary/aromatic N) is 3. The minimum atomic E-state index is -1.19. The van der Waals surface area contributed by atoms with Gasteiger partial charge in [0.25, 0.3) is 5.91 Å². The molecule has 2 aliphatic rings. The maximum Gasteiger partial charge on any atom is 0.258 e. The Kier molecular flexibility index (Phi) is 7.91. The number of hydrogen-bond donors (Lipinski definition) is 1. The standard InChI is InChI=1S/C28H33F2N3O3/c1-28(2,30)18-32-12-10-19(11-13-32)17-36-23-8-6-20(7-9-23)24-4-3-5-25(29)26(24)27(35)33-16-22(34)14-21(33)15-31/h3-9,19,21-22,34H,10-14,16-18H2,1-2H3/t21-,22+/m0/s1. The zero-order chi connectivity index (χ0) is 25.9. The van der Waals surface area contributed by atoms with Crippen LogP contribution < -0.4 is 4.74 Å². The lowest BCUT2D eigenvalue weighted by Gasteiger charge is -2.34. The molecule has 0 aliphatic carbocycles. The summed E-state index contributed by atoms with van der Waals surface area (Å²) in [5.41, 5.74) is -0.221. The van der Waals surface area contributed by atoms with E-state index < -0.39 is 29.5 Å². The molecule has 2 aromatic rings. The first kappa shape index (κ1) is 26.1. The van der Waals surface area contributed by atoms with Crippen LogP contribution in [0.1, 0.15) is 43.5 Å². The minimum absolute atomic E-state index is 0.00206. The molecule has 2 aliphatic heterocycles. The van der Waals surface area contributed by atoms with Gasteiger partial charge in [-0.1, -0.05) is 24.3 Å². The number of hydrogen-bond acceptors (Lipinski definition) is 5. The summed E-state index contributed by atoms with van der Waals surface area (Å²) in [6.07, 6.45) is 1.27. The van der Waals surface area contributed by atoms with Crippen LogP contribution in [0.2, 0.25) is 0 Å².